The van der Waals surface area contributed by atoms with E-state index in [1.54, 1.807) is 24.8 Å². The normalized spacial score (nSPS) is 15.9. The number of benzene rings is 1. The highest BCUT2D eigenvalue weighted by Crippen LogP contribution is 2.22. The maximum Gasteiger partial charge on any atom is 0.245 e. The third-order valence-corrected chi connectivity index (χ3v) is 5.44. The summed E-state index contributed by atoms with van der Waals surface area (Å²) < 4.78 is 0. The zero-order valence-electron chi connectivity index (χ0n) is 16.5. The van der Waals surface area contributed by atoms with Crippen LogP contribution in [0.5, 0.6) is 0 Å². The molecule has 152 valence electrons. The van der Waals surface area contributed by atoms with Gasteiger partial charge in [-0.3, -0.25) is 9.78 Å². The molecule has 0 aliphatic carbocycles. The summed E-state index contributed by atoms with van der Waals surface area (Å²) in [7, 11) is 0. The average Bonchev–Trinajstić information content (AvgIpc) is 3.22. The van der Waals surface area contributed by atoms with Gasteiger partial charge < -0.3 is 4.90 Å². The van der Waals surface area contributed by atoms with Gasteiger partial charge in [0.1, 0.15) is 5.82 Å². The van der Waals surface area contributed by atoms with Crippen molar-refractivity contribution in [3.63, 3.8) is 0 Å². The Kier molecular flexibility index (Phi) is 6.14. The topological polar surface area (TPSA) is 71.9 Å². The average molecular weight is 420 g/mol. The maximum absolute atomic E-state index is 11.8. The van der Waals surface area contributed by atoms with E-state index in [1.165, 1.54) is 6.08 Å². The fourth-order valence-corrected chi connectivity index (χ4v) is 3.89. The predicted molar refractivity (Wildman–Crippen MR) is 116 cm³/mol. The van der Waals surface area contributed by atoms with E-state index in [0.717, 1.165) is 54.3 Å². The van der Waals surface area contributed by atoms with Crippen LogP contribution in [0.2, 0.25) is 5.02 Å². The summed E-state index contributed by atoms with van der Waals surface area (Å²) in [6.45, 7) is 5.06. The van der Waals surface area contributed by atoms with E-state index in [9.17, 15) is 4.79 Å². The second-order valence-corrected chi connectivity index (χ2v) is 7.87. The summed E-state index contributed by atoms with van der Waals surface area (Å²) in [5.74, 6) is 1.10. The Balaban J connectivity index is 1.42. The largest absolute Gasteiger partial charge is 0.339 e. The molecule has 0 saturated carbocycles. The van der Waals surface area contributed by atoms with Gasteiger partial charge in [0.2, 0.25) is 5.91 Å². The summed E-state index contributed by atoms with van der Waals surface area (Å²) in [4.78, 5) is 31.6. The van der Waals surface area contributed by atoms with Crippen molar-refractivity contribution in [1.29, 1.82) is 0 Å². The first-order chi connectivity index (χ1) is 14.6. The minimum atomic E-state index is -0.00709. The molecule has 7 heteroatoms. The number of carbonyl (C=O) groups is 1. The van der Waals surface area contributed by atoms with Crippen molar-refractivity contribution < 1.29 is 4.79 Å². The second-order valence-electron chi connectivity index (χ2n) is 7.44. The molecule has 0 unspecified atom stereocenters. The molecule has 1 amide bonds. The molecule has 1 atom stereocenters. The Morgan fingerprint density at radius 2 is 2.07 bits per heavy atom. The van der Waals surface area contributed by atoms with Crippen molar-refractivity contribution in [2.24, 2.45) is 5.92 Å². The molecule has 0 radical (unpaired) electrons. The van der Waals surface area contributed by atoms with Crippen molar-refractivity contribution in [2.75, 3.05) is 13.1 Å². The number of halogens is 1. The lowest BCUT2D eigenvalue weighted by Crippen LogP contribution is -2.26. The van der Waals surface area contributed by atoms with Crippen LogP contribution in [0.25, 0.3) is 11.3 Å². The Morgan fingerprint density at radius 3 is 2.83 bits per heavy atom. The molecular weight excluding hydrogens is 398 g/mol. The number of nitrogens with zero attached hydrogens (tertiary/aromatic N) is 5. The molecule has 4 rings (SSSR count). The fraction of sp³-hybridized carbons (Fsp3) is 0.261. The van der Waals surface area contributed by atoms with Crippen LogP contribution in [0.4, 0.5) is 0 Å². The Hall–Kier alpha value is -3.12. The molecule has 6 nitrogen and oxygen atoms in total. The quantitative estimate of drug-likeness (QED) is 0.569. The molecule has 30 heavy (non-hydrogen) atoms. The summed E-state index contributed by atoms with van der Waals surface area (Å²) in [5, 5.41) is 0.704. The zero-order valence-corrected chi connectivity index (χ0v) is 17.3. The van der Waals surface area contributed by atoms with E-state index < -0.39 is 0 Å². The van der Waals surface area contributed by atoms with Crippen LogP contribution in [-0.2, 0) is 17.6 Å². The van der Waals surface area contributed by atoms with Crippen molar-refractivity contribution in [2.45, 2.75) is 19.3 Å². The lowest BCUT2D eigenvalue weighted by molar-refractivity contribution is -0.125. The third kappa shape index (κ3) is 4.89. The number of rotatable bonds is 6. The van der Waals surface area contributed by atoms with Gasteiger partial charge in [0, 0.05) is 48.7 Å². The van der Waals surface area contributed by atoms with Crippen LogP contribution in [-0.4, -0.2) is 43.8 Å². The molecule has 2 aromatic heterocycles. The van der Waals surface area contributed by atoms with Gasteiger partial charge in [0.05, 0.1) is 17.6 Å². The first-order valence-electron chi connectivity index (χ1n) is 9.88. The zero-order chi connectivity index (χ0) is 20.9. The minimum absolute atomic E-state index is 0.00709. The van der Waals surface area contributed by atoms with Gasteiger partial charge in [-0.05, 0) is 42.5 Å². The monoisotopic (exact) mass is 419 g/mol. The molecule has 1 aliphatic rings. The predicted octanol–water partition coefficient (Wildman–Crippen LogP) is 3.75. The first-order valence-corrected chi connectivity index (χ1v) is 10.3. The third-order valence-electron chi connectivity index (χ3n) is 5.21. The van der Waals surface area contributed by atoms with Crippen LogP contribution in [0.15, 0.2) is 61.7 Å². The number of aromatic nitrogens is 4. The molecule has 0 N–H and O–H groups in total. The van der Waals surface area contributed by atoms with Gasteiger partial charge in [-0.15, -0.1) is 0 Å². The van der Waals surface area contributed by atoms with E-state index >= 15 is 0 Å². The Morgan fingerprint density at radius 1 is 1.23 bits per heavy atom. The van der Waals surface area contributed by atoms with Gasteiger partial charge >= 0.3 is 0 Å². The van der Waals surface area contributed by atoms with E-state index in [0.29, 0.717) is 17.4 Å². The van der Waals surface area contributed by atoms with Crippen molar-refractivity contribution in [3.8, 4) is 11.3 Å². The van der Waals surface area contributed by atoms with Gasteiger partial charge in [0.25, 0.3) is 0 Å². The van der Waals surface area contributed by atoms with E-state index in [1.807, 2.05) is 29.2 Å². The summed E-state index contributed by atoms with van der Waals surface area (Å²) in [6.07, 6.45) is 10.8. The summed E-state index contributed by atoms with van der Waals surface area (Å²) in [6, 6.07) is 7.69. The van der Waals surface area contributed by atoms with Crippen LogP contribution in [0, 0.1) is 5.92 Å². The van der Waals surface area contributed by atoms with E-state index in [4.69, 9.17) is 16.6 Å². The van der Waals surface area contributed by atoms with Gasteiger partial charge in [0.15, 0.2) is 0 Å². The number of amides is 1. The van der Waals surface area contributed by atoms with Crippen molar-refractivity contribution in [1.82, 2.24) is 24.8 Å². The van der Waals surface area contributed by atoms with Gasteiger partial charge in [-0.1, -0.05) is 30.3 Å². The maximum atomic E-state index is 11.8. The van der Waals surface area contributed by atoms with Gasteiger partial charge in [-0.25, -0.2) is 15.0 Å². The molecule has 1 aromatic carbocycles. The van der Waals surface area contributed by atoms with Crippen LogP contribution in [0.1, 0.15) is 23.5 Å². The fourth-order valence-electron chi connectivity index (χ4n) is 3.68. The van der Waals surface area contributed by atoms with Crippen molar-refractivity contribution in [3.05, 3.63) is 83.8 Å². The molecule has 1 aliphatic heterocycles. The smallest absolute Gasteiger partial charge is 0.245 e. The second kappa shape index (κ2) is 9.13. The van der Waals surface area contributed by atoms with Crippen molar-refractivity contribution >= 4 is 17.5 Å². The standard InChI is InChI=1S/C23H22ClN5O/c1-2-23(30)29-7-6-17(15-29)9-20-13-25-14-21(28-20)18-11-26-22(27-12-18)10-16-4-3-5-19(24)8-16/h2-5,8,11-14,17H,1,6-7,9-10,15H2/t17-/m1/s1. The number of likely N-dealkylation sites (tertiary alicyclic amines) is 1. The number of hydrogen-bond acceptors (Lipinski definition) is 5. The molecule has 1 fully saturated rings. The highest BCUT2D eigenvalue weighted by Gasteiger charge is 2.25. The number of carbonyl (C=O) groups excluding carboxylic acids is 1. The van der Waals surface area contributed by atoms with E-state index in [-0.39, 0.29) is 5.91 Å². The molecule has 3 aromatic rings. The highest BCUT2D eigenvalue weighted by molar-refractivity contribution is 6.30. The molecule has 0 bridgehead atoms. The lowest BCUT2D eigenvalue weighted by atomic mass is 10.0. The Bertz CT molecular complexity index is 1050. The molecule has 3 heterocycles. The van der Waals surface area contributed by atoms with Crippen LogP contribution < -0.4 is 0 Å². The minimum Gasteiger partial charge on any atom is -0.339 e. The summed E-state index contributed by atoms with van der Waals surface area (Å²) in [5.41, 5.74) is 3.55. The van der Waals surface area contributed by atoms with Crippen LogP contribution in [0.3, 0.4) is 0 Å². The van der Waals surface area contributed by atoms with Gasteiger partial charge in [-0.2, -0.15) is 0 Å². The highest BCUT2D eigenvalue weighted by atomic mass is 35.5. The summed E-state index contributed by atoms with van der Waals surface area (Å²) >= 11 is 6.04. The molecule has 1 saturated heterocycles. The SMILES string of the molecule is C=CC(=O)N1CC[C@H](Cc2cncc(-c3cnc(Cc4cccc(Cl)c4)nc3)n2)C1. The first kappa shape index (κ1) is 20.2. The molecular formula is C23H22ClN5O. The van der Waals surface area contributed by atoms with Crippen LogP contribution >= 0.6 is 11.6 Å². The number of hydrogen-bond donors (Lipinski definition) is 0. The Labute approximate surface area is 180 Å². The van der Waals surface area contributed by atoms with E-state index in [2.05, 4.69) is 21.5 Å². The lowest BCUT2D eigenvalue weighted by Gasteiger charge is -2.14. The molecule has 0 spiro atoms.